The van der Waals surface area contributed by atoms with Gasteiger partial charge in [0.1, 0.15) is 6.04 Å². The summed E-state index contributed by atoms with van der Waals surface area (Å²) < 4.78 is 23.9. The molecular formula is C19H21NO5S. The molecule has 2 N–H and O–H groups in total. The van der Waals surface area contributed by atoms with Crippen molar-refractivity contribution in [1.29, 1.82) is 0 Å². The monoisotopic (exact) mass is 375 g/mol. The zero-order chi connectivity index (χ0) is 19.3. The van der Waals surface area contributed by atoms with Crippen LogP contribution in [0, 0.1) is 0 Å². The van der Waals surface area contributed by atoms with E-state index >= 15 is 0 Å². The van der Waals surface area contributed by atoms with E-state index in [9.17, 15) is 23.1 Å². The van der Waals surface area contributed by atoms with Gasteiger partial charge in [-0.05, 0) is 29.7 Å². The van der Waals surface area contributed by atoms with Gasteiger partial charge in [-0.25, -0.2) is 13.2 Å². The van der Waals surface area contributed by atoms with E-state index in [-0.39, 0.29) is 16.9 Å². The van der Waals surface area contributed by atoms with Gasteiger partial charge in [-0.1, -0.05) is 43.3 Å². The SMILES string of the molecule is CCc1ccc(C(=O)N[C@@H](Cc2ccccc2)C(=O)O)cc1S(C)(=O)=O. The van der Waals surface area contributed by atoms with E-state index in [1.165, 1.54) is 12.1 Å². The Morgan fingerprint density at radius 2 is 1.77 bits per heavy atom. The Labute approximate surface area is 152 Å². The van der Waals surface area contributed by atoms with E-state index in [1.807, 2.05) is 13.0 Å². The molecule has 26 heavy (non-hydrogen) atoms. The van der Waals surface area contributed by atoms with Crippen LogP contribution in [0.1, 0.15) is 28.4 Å². The molecule has 0 unspecified atom stereocenters. The lowest BCUT2D eigenvalue weighted by atomic mass is 10.0. The number of carboxylic acids is 1. The second-order valence-corrected chi connectivity index (χ2v) is 7.99. The number of carbonyl (C=O) groups excluding carboxylic acids is 1. The Hall–Kier alpha value is -2.67. The summed E-state index contributed by atoms with van der Waals surface area (Å²) in [6, 6.07) is 12.2. The third-order valence-electron chi connectivity index (χ3n) is 4.00. The fraction of sp³-hybridized carbons (Fsp3) is 0.263. The average molecular weight is 375 g/mol. The second kappa shape index (κ2) is 8.14. The number of aryl methyl sites for hydroxylation is 1. The zero-order valence-corrected chi connectivity index (χ0v) is 15.4. The number of sulfone groups is 1. The number of amides is 1. The molecule has 0 bridgehead atoms. The van der Waals surface area contributed by atoms with Gasteiger partial charge in [0, 0.05) is 18.2 Å². The summed E-state index contributed by atoms with van der Waals surface area (Å²) in [6.45, 7) is 1.82. The maximum Gasteiger partial charge on any atom is 0.326 e. The first-order valence-electron chi connectivity index (χ1n) is 8.13. The van der Waals surface area contributed by atoms with Crippen LogP contribution in [0.15, 0.2) is 53.4 Å². The number of carbonyl (C=O) groups is 2. The molecule has 0 aliphatic heterocycles. The van der Waals surface area contributed by atoms with Crippen LogP contribution >= 0.6 is 0 Å². The first-order valence-corrected chi connectivity index (χ1v) is 10.0. The highest BCUT2D eigenvalue weighted by molar-refractivity contribution is 7.90. The first-order chi connectivity index (χ1) is 12.2. The highest BCUT2D eigenvalue weighted by atomic mass is 32.2. The van der Waals surface area contributed by atoms with Crippen LogP contribution in [0.4, 0.5) is 0 Å². The molecule has 0 aliphatic carbocycles. The third kappa shape index (κ3) is 4.92. The minimum Gasteiger partial charge on any atom is -0.480 e. The largest absolute Gasteiger partial charge is 0.480 e. The van der Waals surface area contributed by atoms with Gasteiger partial charge in [0.05, 0.1) is 4.90 Å². The number of nitrogens with one attached hydrogen (secondary N) is 1. The van der Waals surface area contributed by atoms with Crippen molar-refractivity contribution in [3.8, 4) is 0 Å². The van der Waals surface area contributed by atoms with Crippen LogP contribution in [-0.2, 0) is 27.5 Å². The summed E-state index contributed by atoms with van der Waals surface area (Å²) in [5, 5.41) is 11.8. The van der Waals surface area contributed by atoms with Crippen LogP contribution < -0.4 is 5.32 Å². The van der Waals surface area contributed by atoms with E-state index in [0.29, 0.717) is 12.0 Å². The smallest absolute Gasteiger partial charge is 0.326 e. The molecule has 1 atom stereocenters. The lowest BCUT2D eigenvalue weighted by molar-refractivity contribution is -0.139. The van der Waals surface area contributed by atoms with Crippen LogP contribution in [0.3, 0.4) is 0 Å². The summed E-state index contributed by atoms with van der Waals surface area (Å²) in [5.41, 5.74) is 1.50. The van der Waals surface area contributed by atoms with E-state index in [4.69, 9.17) is 0 Å². The van der Waals surface area contributed by atoms with Gasteiger partial charge < -0.3 is 10.4 Å². The second-order valence-electron chi connectivity index (χ2n) is 6.00. The Bertz CT molecular complexity index is 907. The standard InChI is InChI=1S/C19H21NO5S/c1-3-14-9-10-15(12-17(14)26(2,24)25)18(21)20-16(19(22)23)11-13-7-5-4-6-8-13/h4-10,12,16H,3,11H2,1-2H3,(H,20,21)(H,22,23)/t16-/m0/s1. The Balaban J connectivity index is 2.26. The molecule has 138 valence electrons. The number of hydrogen-bond donors (Lipinski definition) is 2. The predicted molar refractivity (Wildman–Crippen MR) is 98.0 cm³/mol. The lowest BCUT2D eigenvalue weighted by Crippen LogP contribution is -2.42. The van der Waals surface area contributed by atoms with Gasteiger partial charge in [-0.15, -0.1) is 0 Å². The van der Waals surface area contributed by atoms with Crippen molar-refractivity contribution in [3.63, 3.8) is 0 Å². The summed E-state index contributed by atoms with van der Waals surface area (Å²) in [4.78, 5) is 24.0. The number of hydrogen-bond acceptors (Lipinski definition) is 4. The molecule has 0 fully saturated rings. The molecule has 0 radical (unpaired) electrons. The molecule has 1 amide bonds. The summed E-state index contributed by atoms with van der Waals surface area (Å²) in [7, 11) is -3.49. The quantitative estimate of drug-likeness (QED) is 0.772. The maximum atomic E-state index is 12.5. The lowest BCUT2D eigenvalue weighted by Gasteiger charge is -2.15. The molecule has 0 saturated heterocycles. The molecule has 7 heteroatoms. The molecule has 0 aromatic heterocycles. The Kier molecular flexibility index (Phi) is 6.15. The van der Waals surface area contributed by atoms with Crippen molar-refractivity contribution in [1.82, 2.24) is 5.32 Å². The fourth-order valence-corrected chi connectivity index (χ4v) is 3.65. The third-order valence-corrected chi connectivity index (χ3v) is 5.17. The fourth-order valence-electron chi connectivity index (χ4n) is 2.62. The summed E-state index contributed by atoms with van der Waals surface area (Å²) in [6.07, 6.45) is 1.72. The van der Waals surface area contributed by atoms with Crippen molar-refractivity contribution < 1.29 is 23.1 Å². The highest BCUT2D eigenvalue weighted by Crippen LogP contribution is 2.19. The summed E-state index contributed by atoms with van der Waals surface area (Å²) in [5.74, 6) is -1.78. The highest BCUT2D eigenvalue weighted by Gasteiger charge is 2.22. The zero-order valence-electron chi connectivity index (χ0n) is 14.6. The van der Waals surface area contributed by atoms with E-state index < -0.39 is 27.8 Å². The van der Waals surface area contributed by atoms with Crippen LogP contribution in [0.25, 0.3) is 0 Å². The van der Waals surface area contributed by atoms with Crippen LogP contribution in [-0.4, -0.2) is 37.7 Å². The van der Waals surface area contributed by atoms with Crippen molar-refractivity contribution in [2.24, 2.45) is 0 Å². The number of aliphatic carboxylic acids is 1. The first kappa shape index (κ1) is 19.7. The molecule has 0 heterocycles. The average Bonchev–Trinajstić information content (AvgIpc) is 2.60. The molecule has 2 aromatic rings. The number of carboxylic acid groups (broad SMARTS) is 1. The molecule has 0 saturated carbocycles. The minimum atomic E-state index is -3.49. The van der Waals surface area contributed by atoms with Crippen molar-refractivity contribution in [2.75, 3.05) is 6.26 Å². The van der Waals surface area contributed by atoms with Gasteiger partial charge in [-0.3, -0.25) is 4.79 Å². The van der Waals surface area contributed by atoms with Crippen molar-refractivity contribution >= 4 is 21.7 Å². The number of rotatable bonds is 7. The molecule has 0 aliphatic rings. The summed E-state index contributed by atoms with van der Waals surface area (Å²) >= 11 is 0. The Morgan fingerprint density at radius 3 is 2.31 bits per heavy atom. The van der Waals surface area contributed by atoms with E-state index in [2.05, 4.69) is 5.32 Å². The molecule has 6 nitrogen and oxygen atoms in total. The molecule has 0 spiro atoms. The maximum absolute atomic E-state index is 12.5. The van der Waals surface area contributed by atoms with Gasteiger partial charge in [-0.2, -0.15) is 0 Å². The van der Waals surface area contributed by atoms with Crippen molar-refractivity contribution in [2.45, 2.75) is 30.7 Å². The van der Waals surface area contributed by atoms with Gasteiger partial charge in [0.25, 0.3) is 5.91 Å². The Morgan fingerprint density at radius 1 is 1.12 bits per heavy atom. The topological polar surface area (TPSA) is 101 Å². The van der Waals surface area contributed by atoms with Crippen LogP contribution in [0.2, 0.25) is 0 Å². The van der Waals surface area contributed by atoms with Gasteiger partial charge in [0.2, 0.25) is 0 Å². The van der Waals surface area contributed by atoms with E-state index in [0.717, 1.165) is 11.8 Å². The van der Waals surface area contributed by atoms with Gasteiger partial charge >= 0.3 is 5.97 Å². The normalized spacial score (nSPS) is 12.4. The number of benzene rings is 2. The molecule has 2 rings (SSSR count). The van der Waals surface area contributed by atoms with E-state index in [1.54, 1.807) is 30.3 Å². The molecule has 2 aromatic carbocycles. The van der Waals surface area contributed by atoms with Crippen molar-refractivity contribution in [3.05, 3.63) is 65.2 Å². The van der Waals surface area contributed by atoms with Crippen LogP contribution in [0.5, 0.6) is 0 Å². The van der Waals surface area contributed by atoms with Gasteiger partial charge in [0.15, 0.2) is 9.84 Å². The predicted octanol–water partition coefficient (Wildman–Crippen LogP) is 2.08. The minimum absolute atomic E-state index is 0.0857. The molecular weight excluding hydrogens is 354 g/mol.